The SMILES string of the molecule is COc1ccc(Br)c(C(=O)N2CCCC(c3nn(C)c(=O)n3-c3ccccc3)C2)c1. The Kier molecular flexibility index (Phi) is 5.76. The van der Waals surface area contributed by atoms with Crippen LogP contribution in [-0.4, -0.2) is 45.4 Å². The molecule has 3 aromatic rings. The van der Waals surface area contributed by atoms with E-state index < -0.39 is 0 Å². The van der Waals surface area contributed by atoms with E-state index in [1.807, 2.05) is 47.4 Å². The van der Waals surface area contributed by atoms with E-state index in [-0.39, 0.29) is 17.5 Å². The van der Waals surface area contributed by atoms with Gasteiger partial charge in [-0.1, -0.05) is 18.2 Å². The molecule has 0 aliphatic carbocycles. The first kappa shape index (κ1) is 20.4. The second-order valence-corrected chi connectivity index (χ2v) is 8.23. The number of nitrogens with zero attached hydrogens (tertiary/aromatic N) is 4. The highest BCUT2D eigenvalue weighted by Gasteiger charge is 2.30. The maximum absolute atomic E-state index is 13.2. The molecule has 0 N–H and O–H groups in total. The molecule has 1 aliphatic rings. The minimum atomic E-state index is -0.185. The number of methoxy groups -OCH3 is 1. The molecular weight excluding hydrogens is 448 g/mol. The summed E-state index contributed by atoms with van der Waals surface area (Å²) in [6, 6.07) is 14.9. The Balaban J connectivity index is 1.65. The number of halogens is 1. The van der Waals surface area contributed by atoms with Crippen LogP contribution in [0, 0.1) is 0 Å². The molecule has 1 aromatic heterocycles. The van der Waals surface area contributed by atoms with Crippen molar-refractivity contribution in [2.75, 3.05) is 20.2 Å². The summed E-state index contributed by atoms with van der Waals surface area (Å²) in [5.74, 6) is 1.24. The lowest BCUT2D eigenvalue weighted by molar-refractivity contribution is 0.0702. The summed E-state index contributed by atoms with van der Waals surface area (Å²) in [6.45, 7) is 1.17. The molecule has 0 saturated carbocycles. The maximum atomic E-state index is 13.2. The Labute approximate surface area is 183 Å². The summed E-state index contributed by atoms with van der Waals surface area (Å²) >= 11 is 3.48. The summed E-state index contributed by atoms with van der Waals surface area (Å²) in [5, 5.41) is 4.52. The first-order valence-corrected chi connectivity index (χ1v) is 10.6. The van der Waals surface area contributed by atoms with Gasteiger partial charge in [0.1, 0.15) is 11.6 Å². The fraction of sp³-hybridized carbons (Fsp3) is 0.318. The molecule has 1 unspecified atom stereocenters. The van der Waals surface area contributed by atoms with Crippen molar-refractivity contribution in [3.8, 4) is 11.4 Å². The third kappa shape index (κ3) is 3.79. The van der Waals surface area contributed by atoms with E-state index in [1.165, 1.54) is 4.68 Å². The number of hydrogen-bond donors (Lipinski definition) is 0. The van der Waals surface area contributed by atoms with Crippen LogP contribution in [0.4, 0.5) is 0 Å². The number of para-hydroxylation sites is 1. The minimum absolute atomic E-state index is 0.0267. The molecule has 1 saturated heterocycles. The molecule has 0 bridgehead atoms. The fourth-order valence-electron chi connectivity index (χ4n) is 3.91. The van der Waals surface area contributed by atoms with Crippen molar-refractivity contribution in [2.24, 2.45) is 7.05 Å². The van der Waals surface area contributed by atoms with Gasteiger partial charge in [0.2, 0.25) is 0 Å². The Morgan fingerprint density at radius 1 is 1.20 bits per heavy atom. The smallest absolute Gasteiger partial charge is 0.350 e. The van der Waals surface area contributed by atoms with Crippen LogP contribution in [0.2, 0.25) is 0 Å². The third-order valence-electron chi connectivity index (χ3n) is 5.44. The van der Waals surface area contributed by atoms with E-state index in [2.05, 4.69) is 21.0 Å². The van der Waals surface area contributed by atoms with Crippen molar-refractivity contribution in [3.05, 3.63) is 74.9 Å². The normalized spacial score (nSPS) is 16.5. The number of benzene rings is 2. The number of ether oxygens (including phenoxy) is 1. The monoisotopic (exact) mass is 470 g/mol. The van der Waals surface area contributed by atoms with E-state index in [4.69, 9.17) is 4.74 Å². The molecule has 1 atom stereocenters. The molecule has 30 heavy (non-hydrogen) atoms. The Bertz CT molecular complexity index is 1120. The van der Waals surface area contributed by atoms with E-state index in [0.717, 1.165) is 23.0 Å². The van der Waals surface area contributed by atoms with Crippen LogP contribution in [0.3, 0.4) is 0 Å². The van der Waals surface area contributed by atoms with Crippen molar-refractivity contribution >= 4 is 21.8 Å². The van der Waals surface area contributed by atoms with Crippen molar-refractivity contribution < 1.29 is 9.53 Å². The predicted octanol–water partition coefficient (Wildman–Crippen LogP) is 3.36. The molecule has 1 fully saturated rings. The summed E-state index contributed by atoms with van der Waals surface area (Å²) < 4.78 is 9.02. The number of aryl methyl sites for hydroxylation is 1. The number of amides is 1. The molecule has 8 heteroatoms. The summed E-state index contributed by atoms with van der Waals surface area (Å²) in [4.78, 5) is 27.8. The number of carbonyl (C=O) groups excluding carboxylic acids is 1. The van der Waals surface area contributed by atoms with Crippen molar-refractivity contribution in [2.45, 2.75) is 18.8 Å². The van der Waals surface area contributed by atoms with Crippen molar-refractivity contribution in [3.63, 3.8) is 0 Å². The maximum Gasteiger partial charge on any atom is 0.350 e. The zero-order valence-electron chi connectivity index (χ0n) is 16.9. The van der Waals surface area contributed by atoms with Gasteiger partial charge in [0.15, 0.2) is 0 Å². The van der Waals surface area contributed by atoms with Gasteiger partial charge < -0.3 is 9.64 Å². The second-order valence-electron chi connectivity index (χ2n) is 7.37. The number of hydrogen-bond acceptors (Lipinski definition) is 4. The average Bonchev–Trinajstić information content (AvgIpc) is 3.08. The van der Waals surface area contributed by atoms with Crippen LogP contribution >= 0.6 is 15.9 Å². The number of carbonyl (C=O) groups is 1. The number of aromatic nitrogens is 3. The first-order valence-electron chi connectivity index (χ1n) is 9.83. The van der Waals surface area contributed by atoms with E-state index >= 15 is 0 Å². The molecule has 7 nitrogen and oxygen atoms in total. The summed E-state index contributed by atoms with van der Waals surface area (Å²) in [7, 11) is 3.24. The number of rotatable bonds is 4. The Morgan fingerprint density at radius 2 is 1.97 bits per heavy atom. The lowest BCUT2D eigenvalue weighted by Gasteiger charge is -2.32. The predicted molar refractivity (Wildman–Crippen MR) is 117 cm³/mol. The molecule has 2 heterocycles. The average molecular weight is 471 g/mol. The lowest BCUT2D eigenvalue weighted by Crippen LogP contribution is -2.40. The van der Waals surface area contributed by atoms with Crippen LogP contribution in [0.5, 0.6) is 5.75 Å². The highest BCUT2D eigenvalue weighted by atomic mass is 79.9. The molecule has 0 radical (unpaired) electrons. The van der Waals surface area contributed by atoms with E-state index in [0.29, 0.717) is 30.2 Å². The highest BCUT2D eigenvalue weighted by molar-refractivity contribution is 9.10. The van der Waals surface area contributed by atoms with Gasteiger partial charge in [0, 0.05) is 30.5 Å². The molecule has 0 spiro atoms. The van der Waals surface area contributed by atoms with Crippen molar-refractivity contribution in [1.29, 1.82) is 0 Å². The zero-order chi connectivity index (χ0) is 21.3. The van der Waals surface area contributed by atoms with Gasteiger partial charge in [0.05, 0.1) is 18.4 Å². The molecular formula is C22H23BrN4O3. The third-order valence-corrected chi connectivity index (χ3v) is 6.13. The summed E-state index contributed by atoms with van der Waals surface area (Å²) in [6.07, 6.45) is 1.71. The Morgan fingerprint density at radius 3 is 2.70 bits per heavy atom. The number of piperidine rings is 1. The van der Waals surface area contributed by atoms with Crippen LogP contribution in [-0.2, 0) is 7.05 Å². The second kappa shape index (κ2) is 8.47. The summed E-state index contributed by atoms with van der Waals surface area (Å²) in [5.41, 5.74) is 1.16. The molecule has 156 valence electrons. The zero-order valence-corrected chi connectivity index (χ0v) is 18.5. The van der Waals surface area contributed by atoms with Gasteiger partial charge >= 0.3 is 5.69 Å². The molecule has 1 aliphatic heterocycles. The fourth-order valence-corrected chi connectivity index (χ4v) is 4.32. The topological polar surface area (TPSA) is 69.4 Å². The molecule has 4 rings (SSSR count). The van der Waals surface area contributed by atoms with Gasteiger partial charge in [0.25, 0.3) is 5.91 Å². The highest BCUT2D eigenvalue weighted by Crippen LogP contribution is 2.30. The molecule has 2 aromatic carbocycles. The van der Waals surface area contributed by atoms with Gasteiger partial charge in [-0.05, 0) is 59.1 Å². The van der Waals surface area contributed by atoms with Crippen LogP contribution in [0.25, 0.3) is 5.69 Å². The largest absolute Gasteiger partial charge is 0.497 e. The van der Waals surface area contributed by atoms with E-state index in [1.54, 1.807) is 24.8 Å². The van der Waals surface area contributed by atoms with Crippen LogP contribution < -0.4 is 10.4 Å². The minimum Gasteiger partial charge on any atom is -0.497 e. The van der Waals surface area contributed by atoms with Gasteiger partial charge in [-0.3, -0.25) is 4.79 Å². The van der Waals surface area contributed by atoms with Crippen LogP contribution in [0.1, 0.15) is 34.9 Å². The van der Waals surface area contributed by atoms with Gasteiger partial charge in [-0.2, -0.15) is 5.10 Å². The standard InChI is InChI=1S/C22H23BrN4O3/c1-25-22(29)27(16-8-4-3-5-9-16)20(24-25)15-7-6-12-26(14-15)21(28)18-13-17(30-2)10-11-19(18)23/h3-5,8-11,13,15H,6-7,12,14H2,1-2H3. The van der Waals surface area contributed by atoms with Crippen LogP contribution in [0.15, 0.2) is 57.8 Å². The van der Waals surface area contributed by atoms with Gasteiger partial charge in [-0.25, -0.2) is 14.0 Å². The quantitative estimate of drug-likeness (QED) is 0.585. The van der Waals surface area contributed by atoms with Crippen molar-refractivity contribution in [1.82, 2.24) is 19.2 Å². The van der Waals surface area contributed by atoms with Gasteiger partial charge in [-0.15, -0.1) is 0 Å². The molecule has 1 amide bonds. The Hall–Kier alpha value is -2.87. The first-order chi connectivity index (χ1) is 14.5. The lowest BCUT2D eigenvalue weighted by atomic mass is 9.96. The number of likely N-dealkylation sites (tertiary alicyclic amines) is 1. The van der Waals surface area contributed by atoms with E-state index in [9.17, 15) is 9.59 Å².